The molecule has 0 radical (unpaired) electrons. The average Bonchev–Trinajstić information content (AvgIpc) is 3.02. The van der Waals surface area contributed by atoms with Gasteiger partial charge in [-0.15, -0.1) is 0 Å². The van der Waals surface area contributed by atoms with E-state index in [1.165, 1.54) is 17.0 Å². The Bertz CT molecular complexity index is 1780. The van der Waals surface area contributed by atoms with E-state index >= 15 is 0 Å². The van der Waals surface area contributed by atoms with E-state index in [2.05, 4.69) is 5.32 Å². The van der Waals surface area contributed by atoms with Crippen molar-refractivity contribution in [1.82, 2.24) is 10.2 Å². The van der Waals surface area contributed by atoms with Gasteiger partial charge in [-0.2, -0.15) is 0 Å². The Kier molecular flexibility index (Phi) is 12.1. The molecule has 1 N–H and O–H groups in total. The molecule has 10 heteroatoms. The van der Waals surface area contributed by atoms with Crippen molar-refractivity contribution in [3.8, 4) is 0 Å². The SMILES string of the molecule is CC[C@H](C)NC(=O)[C@@H](Cc1ccccc1)N(Cc1c(Cl)cccc1Cl)C(=O)CN(c1cc(C)cc(C)c1)S(=O)(=O)c1ccc(C)cc1. The smallest absolute Gasteiger partial charge is 0.264 e. The van der Waals surface area contributed by atoms with Crippen molar-refractivity contribution in [3.05, 3.63) is 129 Å². The average molecular weight is 695 g/mol. The lowest BCUT2D eigenvalue weighted by Gasteiger charge is -2.34. The lowest BCUT2D eigenvalue weighted by atomic mass is 10.0. The van der Waals surface area contributed by atoms with Crippen LogP contribution in [0.1, 0.15) is 48.1 Å². The maximum Gasteiger partial charge on any atom is 0.264 e. The van der Waals surface area contributed by atoms with Crippen molar-refractivity contribution in [2.45, 2.75) is 71.0 Å². The number of amides is 2. The number of carbonyl (C=O) groups excluding carboxylic acids is 2. The second-order valence-electron chi connectivity index (χ2n) is 11.9. The van der Waals surface area contributed by atoms with Crippen molar-refractivity contribution >= 4 is 50.7 Å². The van der Waals surface area contributed by atoms with Gasteiger partial charge in [0.1, 0.15) is 12.6 Å². The first-order chi connectivity index (χ1) is 22.3. The van der Waals surface area contributed by atoms with E-state index in [1.807, 2.05) is 71.0 Å². The van der Waals surface area contributed by atoms with Gasteiger partial charge in [-0.3, -0.25) is 13.9 Å². The van der Waals surface area contributed by atoms with Gasteiger partial charge in [-0.25, -0.2) is 8.42 Å². The number of rotatable bonds is 13. The monoisotopic (exact) mass is 693 g/mol. The summed E-state index contributed by atoms with van der Waals surface area (Å²) in [6.45, 7) is 8.78. The molecule has 0 unspecified atom stereocenters. The molecule has 0 aliphatic carbocycles. The van der Waals surface area contributed by atoms with Crippen LogP contribution >= 0.6 is 23.2 Å². The van der Waals surface area contributed by atoms with E-state index in [4.69, 9.17) is 23.2 Å². The van der Waals surface area contributed by atoms with Crippen LogP contribution in [-0.2, 0) is 32.6 Å². The molecule has 0 spiro atoms. The van der Waals surface area contributed by atoms with Crippen LogP contribution in [0.4, 0.5) is 5.69 Å². The first-order valence-corrected chi connectivity index (χ1v) is 17.7. The fourth-order valence-corrected chi connectivity index (χ4v) is 7.22. The van der Waals surface area contributed by atoms with E-state index in [-0.39, 0.29) is 29.8 Å². The van der Waals surface area contributed by atoms with Gasteiger partial charge in [0.15, 0.2) is 0 Å². The molecule has 7 nitrogen and oxygen atoms in total. The predicted molar refractivity (Wildman–Crippen MR) is 190 cm³/mol. The Labute approximate surface area is 288 Å². The first kappa shape index (κ1) is 36.0. The summed E-state index contributed by atoms with van der Waals surface area (Å²) >= 11 is 13.2. The molecule has 47 heavy (non-hydrogen) atoms. The van der Waals surface area contributed by atoms with Crippen LogP contribution in [0.15, 0.2) is 95.9 Å². The minimum atomic E-state index is -4.22. The molecule has 4 aromatic rings. The van der Waals surface area contributed by atoms with Gasteiger partial charge in [0.05, 0.1) is 10.6 Å². The maximum atomic E-state index is 14.7. The summed E-state index contributed by atoms with van der Waals surface area (Å²) in [4.78, 5) is 30.2. The number of hydrogen-bond donors (Lipinski definition) is 1. The Morgan fingerprint density at radius 2 is 1.40 bits per heavy atom. The van der Waals surface area contributed by atoms with E-state index in [0.29, 0.717) is 27.7 Å². The highest BCUT2D eigenvalue weighted by molar-refractivity contribution is 7.92. The maximum absolute atomic E-state index is 14.7. The van der Waals surface area contributed by atoms with E-state index in [9.17, 15) is 18.0 Å². The van der Waals surface area contributed by atoms with Crippen LogP contribution in [0.3, 0.4) is 0 Å². The van der Waals surface area contributed by atoms with Crippen LogP contribution in [0.25, 0.3) is 0 Å². The number of nitrogens with zero attached hydrogens (tertiary/aromatic N) is 2. The Morgan fingerprint density at radius 1 is 0.809 bits per heavy atom. The third kappa shape index (κ3) is 9.15. The van der Waals surface area contributed by atoms with E-state index < -0.39 is 28.5 Å². The van der Waals surface area contributed by atoms with Gasteiger partial charge in [0.25, 0.3) is 10.0 Å². The van der Waals surface area contributed by atoms with E-state index in [1.54, 1.807) is 42.5 Å². The number of sulfonamides is 1. The van der Waals surface area contributed by atoms with Crippen molar-refractivity contribution in [2.24, 2.45) is 0 Å². The summed E-state index contributed by atoms with van der Waals surface area (Å²) in [5.74, 6) is -0.949. The summed E-state index contributed by atoms with van der Waals surface area (Å²) in [6.07, 6.45) is 0.870. The summed E-state index contributed by atoms with van der Waals surface area (Å²) in [5.41, 5.74) is 4.21. The topological polar surface area (TPSA) is 86.8 Å². The minimum Gasteiger partial charge on any atom is -0.352 e. The highest BCUT2D eigenvalue weighted by Gasteiger charge is 2.35. The van der Waals surface area contributed by atoms with Gasteiger partial charge in [0.2, 0.25) is 11.8 Å². The molecule has 0 aliphatic rings. The van der Waals surface area contributed by atoms with Gasteiger partial charge in [-0.05, 0) is 87.2 Å². The zero-order chi connectivity index (χ0) is 34.3. The highest BCUT2D eigenvalue weighted by Crippen LogP contribution is 2.30. The molecule has 2 atom stereocenters. The van der Waals surface area contributed by atoms with Crippen molar-refractivity contribution in [3.63, 3.8) is 0 Å². The van der Waals surface area contributed by atoms with E-state index in [0.717, 1.165) is 26.6 Å². The summed E-state index contributed by atoms with van der Waals surface area (Å²) in [7, 11) is -4.22. The molecule has 4 aromatic carbocycles. The van der Waals surface area contributed by atoms with Crippen LogP contribution in [0, 0.1) is 20.8 Å². The van der Waals surface area contributed by atoms with Gasteiger partial charge >= 0.3 is 0 Å². The Hall–Kier alpha value is -3.85. The molecule has 0 saturated heterocycles. The number of benzene rings is 4. The first-order valence-electron chi connectivity index (χ1n) is 15.5. The van der Waals surface area contributed by atoms with Crippen LogP contribution in [0.5, 0.6) is 0 Å². The fraction of sp³-hybridized carbons (Fsp3) is 0.297. The largest absolute Gasteiger partial charge is 0.352 e. The number of carbonyl (C=O) groups is 2. The van der Waals surface area contributed by atoms with Gasteiger partial charge in [0, 0.05) is 34.6 Å². The minimum absolute atomic E-state index is 0.0473. The second kappa shape index (κ2) is 15.8. The van der Waals surface area contributed by atoms with Crippen molar-refractivity contribution < 1.29 is 18.0 Å². The molecule has 2 amide bonds. The lowest BCUT2D eigenvalue weighted by molar-refractivity contribution is -0.140. The van der Waals surface area contributed by atoms with Crippen LogP contribution in [-0.4, -0.2) is 43.8 Å². The fourth-order valence-electron chi connectivity index (χ4n) is 5.31. The number of halogens is 2. The third-order valence-corrected chi connectivity index (χ3v) is 10.5. The number of hydrogen-bond acceptors (Lipinski definition) is 4. The van der Waals surface area contributed by atoms with Gasteiger partial charge in [-0.1, -0.05) is 90.3 Å². The standard InChI is InChI=1S/C37H41Cl2N3O4S/c1-6-28(5)40-37(44)35(22-29-11-8-7-9-12-29)41(23-32-33(38)13-10-14-34(32)39)36(43)24-42(30-20-26(3)19-27(4)21-30)47(45,46)31-17-15-25(2)16-18-31/h7-21,28,35H,6,22-24H2,1-5H3,(H,40,44)/t28-,35+/m0/s1. The molecular weight excluding hydrogens is 653 g/mol. The number of aryl methyl sites for hydroxylation is 3. The summed E-state index contributed by atoms with van der Waals surface area (Å²) in [5, 5.41) is 3.69. The second-order valence-corrected chi connectivity index (χ2v) is 14.6. The van der Waals surface area contributed by atoms with Crippen LogP contribution < -0.4 is 9.62 Å². The highest BCUT2D eigenvalue weighted by atomic mass is 35.5. The zero-order valence-corrected chi connectivity index (χ0v) is 29.7. The summed E-state index contributed by atoms with van der Waals surface area (Å²) in [6, 6.07) is 25.2. The molecule has 0 heterocycles. The molecule has 4 rings (SSSR count). The normalized spacial score (nSPS) is 12.7. The molecular formula is C37H41Cl2N3O4S. The number of anilines is 1. The lowest BCUT2D eigenvalue weighted by Crippen LogP contribution is -2.54. The molecule has 0 fully saturated rings. The van der Waals surface area contributed by atoms with Crippen molar-refractivity contribution in [2.75, 3.05) is 10.8 Å². The summed E-state index contributed by atoms with van der Waals surface area (Å²) < 4.78 is 29.7. The molecule has 0 bridgehead atoms. The molecule has 0 saturated carbocycles. The van der Waals surface area contributed by atoms with Crippen molar-refractivity contribution in [1.29, 1.82) is 0 Å². The van der Waals surface area contributed by atoms with Gasteiger partial charge < -0.3 is 10.2 Å². The van der Waals surface area contributed by atoms with Crippen LogP contribution in [0.2, 0.25) is 10.0 Å². The molecule has 0 aromatic heterocycles. The molecule has 0 aliphatic heterocycles. The predicted octanol–water partition coefficient (Wildman–Crippen LogP) is 7.67. The molecule has 248 valence electrons. The Balaban J connectivity index is 1.87. The Morgan fingerprint density at radius 3 is 1.98 bits per heavy atom. The number of nitrogens with one attached hydrogen (secondary N) is 1. The third-order valence-electron chi connectivity index (χ3n) is 8.04. The quantitative estimate of drug-likeness (QED) is 0.156. The zero-order valence-electron chi connectivity index (χ0n) is 27.3.